The zero-order chi connectivity index (χ0) is 18.0. The van der Waals surface area contributed by atoms with E-state index in [1.807, 2.05) is 23.1 Å². The summed E-state index contributed by atoms with van der Waals surface area (Å²) in [6.45, 7) is 2.53. The second-order valence-corrected chi connectivity index (χ2v) is 6.08. The number of rotatable bonds is 4. The lowest BCUT2D eigenvalue weighted by Crippen LogP contribution is -2.44. The Bertz CT molecular complexity index is 828. The van der Waals surface area contributed by atoms with Crippen molar-refractivity contribution in [3.63, 3.8) is 0 Å². The van der Waals surface area contributed by atoms with E-state index >= 15 is 0 Å². The number of nitrogens with one attached hydrogen (secondary N) is 1. The van der Waals surface area contributed by atoms with Crippen molar-refractivity contribution in [3.8, 4) is 0 Å². The van der Waals surface area contributed by atoms with Crippen LogP contribution in [0.4, 0.5) is 22.7 Å². The number of nitrogens with zero attached hydrogens (tertiary/aromatic N) is 2. The van der Waals surface area contributed by atoms with Crippen LogP contribution in [0.25, 0.3) is 0 Å². The fourth-order valence-electron chi connectivity index (χ4n) is 3.20. The van der Waals surface area contributed by atoms with Crippen LogP contribution in [0.2, 0.25) is 0 Å². The number of nitro benzene ring substituents is 1. The number of amides is 1. The van der Waals surface area contributed by atoms with Crippen molar-refractivity contribution >= 4 is 41.1 Å². The summed E-state index contributed by atoms with van der Waals surface area (Å²) in [5, 5.41) is 13.8. The Morgan fingerprint density at radius 1 is 1.27 bits per heavy atom. The summed E-state index contributed by atoms with van der Waals surface area (Å²) >= 11 is 0. The van der Waals surface area contributed by atoms with E-state index in [1.165, 1.54) is 12.1 Å². The molecule has 1 atom stereocenters. The Morgan fingerprint density at radius 3 is 2.73 bits per heavy atom. The van der Waals surface area contributed by atoms with E-state index in [0.29, 0.717) is 0 Å². The van der Waals surface area contributed by atoms with E-state index in [-0.39, 0.29) is 29.7 Å². The molecule has 2 aromatic carbocycles. The van der Waals surface area contributed by atoms with E-state index in [0.717, 1.165) is 36.3 Å². The first-order valence-electron chi connectivity index (χ1n) is 8.17. The number of hydrogen-bond acceptors (Lipinski definition) is 5. The molecule has 26 heavy (non-hydrogen) atoms. The van der Waals surface area contributed by atoms with Gasteiger partial charge < -0.3 is 16.0 Å². The molecule has 8 heteroatoms. The molecule has 3 N–H and O–H groups in total. The number of carbonyl (C=O) groups excluding carboxylic acids is 1. The summed E-state index contributed by atoms with van der Waals surface area (Å²) in [4.78, 5) is 25.3. The van der Waals surface area contributed by atoms with Crippen LogP contribution < -0.4 is 16.0 Å². The predicted octanol–water partition coefficient (Wildman–Crippen LogP) is 3.38. The first-order valence-corrected chi connectivity index (χ1v) is 8.17. The van der Waals surface area contributed by atoms with Gasteiger partial charge in [0.2, 0.25) is 5.91 Å². The smallest absolute Gasteiger partial charge is 0.292 e. The van der Waals surface area contributed by atoms with Gasteiger partial charge in [-0.05, 0) is 43.5 Å². The highest BCUT2D eigenvalue weighted by Crippen LogP contribution is 2.33. The van der Waals surface area contributed by atoms with Gasteiger partial charge in [0, 0.05) is 24.0 Å². The SMILES string of the molecule is CC(C(=O)Nc1ccccc1[N+](=O)[O-])N1CCCc2c(N)cccc21.Cl. The monoisotopic (exact) mass is 376 g/mol. The van der Waals surface area contributed by atoms with Gasteiger partial charge in [-0.25, -0.2) is 0 Å². The van der Waals surface area contributed by atoms with Crippen LogP contribution in [-0.2, 0) is 11.2 Å². The van der Waals surface area contributed by atoms with Crippen molar-refractivity contribution < 1.29 is 9.72 Å². The largest absolute Gasteiger partial charge is 0.398 e. The van der Waals surface area contributed by atoms with E-state index in [1.54, 1.807) is 19.1 Å². The molecule has 0 bridgehead atoms. The molecule has 0 fully saturated rings. The van der Waals surface area contributed by atoms with E-state index in [2.05, 4.69) is 5.32 Å². The molecule has 1 unspecified atom stereocenters. The molecule has 1 amide bonds. The summed E-state index contributed by atoms with van der Waals surface area (Å²) in [6, 6.07) is 11.4. The molecule has 0 radical (unpaired) electrons. The molecule has 0 saturated carbocycles. The normalized spacial score (nSPS) is 14.0. The summed E-state index contributed by atoms with van der Waals surface area (Å²) < 4.78 is 0. The van der Waals surface area contributed by atoms with Crippen molar-refractivity contribution in [2.45, 2.75) is 25.8 Å². The number of fused-ring (bicyclic) bond motifs is 1. The van der Waals surface area contributed by atoms with Crippen LogP contribution in [-0.4, -0.2) is 23.4 Å². The lowest BCUT2D eigenvalue weighted by Gasteiger charge is -2.35. The van der Waals surface area contributed by atoms with Crippen LogP contribution >= 0.6 is 12.4 Å². The summed E-state index contributed by atoms with van der Waals surface area (Å²) in [6.07, 6.45) is 1.79. The summed E-state index contributed by atoms with van der Waals surface area (Å²) in [5.41, 5.74) is 8.88. The lowest BCUT2D eigenvalue weighted by atomic mass is 9.98. The second-order valence-electron chi connectivity index (χ2n) is 6.08. The second kappa shape index (κ2) is 8.05. The van der Waals surface area contributed by atoms with Crippen molar-refractivity contribution in [3.05, 3.63) is 58.1 Å². The average Bonchev–Trinajstić information content (AvgIpc) is 2.61. The minimum absolute atomic E-state index is 0. The van der Waals surface area contributed by atoms with Crippen molar-refractivity contribution in [1.82, 2.24) is 0 Å². The zero-order valence-corrected chi connectivity index (χ0v) is 15.2. The van der Waals surface area contributed by atoms with Crippen LogP contribution in [0.1, 0.15) is 18.9 Å². The van der Waals surface area contributed by atoms with E-state index < -0.39 is 11.0 Å². The van der Waals surface area contributed by atoms with Crippen LogP contribution in [0, 0.1) is 10.1 Å². The molecular formula is C18H21ClN4O3. The predicted molar refractivity (Wildman–Crippen MR) is 105 cm³/mol. The number of nitrogens with two attached hydrogens (primary N) is 1. The maximum atomic E-state index is 12.7. The maximum Gasteiger partial charge on any atom is 0.292 e. The third kappa shape index (κ3) is 3.72. The Morgan fingerprint density at radius 2 is 2.00 bits per heavy atom. The van der Waals surface area contributed by atoms with Crippen molar-refractivity contribution in [2.24, 2.45) is 0 Å². The maximum absolute atomic E-state index is 12.7. The zero-order valence-electron chi connectivity index (χ0n) is 14.3. The number of nitrogen functional groups attached to an aromatic ring is 1. The number of hydrogen-bond donors (Lipinski definition) is 2. The molecule has 0 spiro atoms. The number of halogens is 1. The molecule has 0 saturated heterocycles. The van der Waals surface area contributed by atoms with Gasteiger partial charge in [-0.3, -0.25) is 14.9 Å². The highest BCUT2D eigenvalue weighted by Gasteiger charge is 2.28. The Kier molecular flexibility index (Phi) is 6.05. The van der Waals surface area contributed by atoms with Gasteiger partial charge in [-0.15, -0.1) is 12.4 Å². The average molecular weight is 377 g/mol. The quantitative estimate of drug-likeness (QED) is 0.484. The fourth-order valence-corrected chi connectivity index (χ4v) is 3.20. The lowest BCUT2D eigenvalue weighted by molar-refractivity contribution is -0.383. The standard InChI is InChI=1S/C18H20N4O3.ClH/c1-12(18(23)20-15-8-2-3-9-17(15)22(24)25)21-11-5-6-13-14(19)7-4-10-16(13)21;/h2-4,7-10,12H,5-6,11,19H2,1H3,(H,20,23);1H. The topological polar surface area (TPSA) is 101 Å². The van der Waals surface area contributed by atoms with Crippen molar-refractivity contribution in [2.75, 3.05) is 22.5 Å². The van der Waals surface area contributed by atoms with Crippen LogP contribution in [0.5, 0.6) is 0 Å². The van der Waals surface area contributed by atoms with Crippen LogP contribution in [0.15, 0.2) is 42.5 Å². The molecule has 7 nitrogen and oxygen atoms in total. The number of anilines is 3. The third-order valence-corrected chi connectivity index (χ3v) is 4.53. The summed E-state index contributed by atoms with van der Waals surface area (Å²) in [7, 11) is 0. The van der Waals surface area contributed by atoms with Gasteiger partial charge in [0.15, 0.2) is 0 Å². The van der Waals surface area contributed by atoms with Gasteiger partial charge in [-0.2, -0.15) is 0 Å². The summed E-state index contributed by atoms with van der Waals surface area (Å²) in [5.74, 6) is -0.287. The number of benzene rings is 2. The minimum atomic E-state index is -0.503. The highest BCUT2D eigenvalue weighted by atomic mass is 35.5. The van der Waals surface area contributed by atoms with E-state index in [4.69, 9.17) is 5.73 Å². The molecule has 2 aromatic rings. The Balaban J connectivity index is 0.00000243. The minimum Gasteiger partial charge on any atom is -0.398 e. The molecular weight excluding hydrogens is 356 g/mol. The number of para-hydroxylation sites is 2. The van der Waals surface area contributed by atoms with Crippen LogP contribution in [0.3, 0.4) is 0 Å². The molecule has 0 aliphatic carbocycles. The Labute approximate surface area is 157 Å². The van der Waals surface area contributed by atoms with Gasteiger partial charge in [0.1, 0.15) is 11.7 Å². The number of nitro groups is 1. The number of carbonyl (C=O) groups is 1. The van der Waals surface area contributed by atoms with Gasteiger partial charge in [-0.1, -0.05) is 18.2 Å². The molecule has 1 aliphatic rings. The highest BCUT2D eigenvalue weighted by molar-refractivity contribution is 5.98. The Hall–Kier alpha value is -2.80. The molecule has 138 valence electrons. The third-order valence-electron chi connectivity index (χ3n) is 4.53. The fraction of sp³-hybridized carbons (Fsp3) is 0.278. The van der Waals surface area contributed by atoms with Gasteiger partial charge >= 0.3 is 0 Å². The molecule has 1 aliphatic heterocycles. The first-order chi connectivity index (χ1) is 12.0. The molecule has 3 rings (SSSR count). The van der Waals surface area contributed by atoms with E-state index in [9.17, 15) is 14.9 Å². The molecule has 0 aromatic heterocycles. The van der Waals surface area contributed by atoms with Crippen molar-refractivity contribution in [1.29, 1.82) is 0 Å². The van der Waals surface area contributed by atoms with Gasteiger partial charge in [0.05, 0.1) is 4.92 Å². The van der Waals surface area contributed by atoms with Gasteiger partial charge in [0.25, 0.3) is 5.69 Å². The first kappa shape index (κ1) is 19.5. The molecule has 1 heterocycles.